The zero-order valence-corrected chi connectivity index (χ0v) is 21.6. The van der Waals surface area contributed by atoms with Gasteiger partial charge in [0, 0.05) is 10.8 Å². The second kappa shape index (κ2) is 5.98. The highest BCUT2D eigenvalue weighted by Crippen LogP contribution is 2.84. The molecule has 0 radical (unpaired) electrons. The molecule has 5 aliphatic rings. The Balaban J connectivity index is 1.42. The SMILES string of the molecule is Cc1cc2ccc3cc(C(C)C)ccc3c2cc1-c1c(C)cc(C)c2c1C1(C)C3=C4CC(C=C3)C421. The van der Waals surface area contributed by atoms with Crippen LogP contribution in [0.4, 0.5) is 0 Å². The number of hydrogen-bond donors (Lipinski definition) is 0. The maximum Gasteiger partial charge on any atom is 0.0374 e. The van der Waals surface area contributed by atoms with Gasteiger partial charge in [-0.15, -0.1) is 0 Å². The third-order valence-corrected chi connectivity index (χ3v) is 10.4. The first-order valence-corrected chi connectivity index (χ1v) is 13.3. The fourth-order valence-corrected chi connectivity index (χ4v) is 8.84. The molecule has 0 heteroatoms. The van der Waals surface area contributed by atoms with Crippen molar-refractivity contribution < 1.29 is 0 Å². The molecule has 0 amide bonds. The van der Waals surface area contributed by atoms with E-state index in [0.717, 1.165) is 0 Å². The van der Waals surface area contributed by atoms with E-state index in [9.17, 15) is 0 Å². The third kappa shape index (κ3) is 1.95. The quantitative estimate of drug-likeness (QED) is 0.266. The normalized spacial score (nSPS) is 27.0. The Labute approximate surface area is 208 Å². The van der Waals surface area contributed by atoms with Gasteiger partial charge >= 0.3 is 0 Å². The van der Waals surface area contributed by atoms with Gasteiger partial charge in [-0.25, -0.2) is 0 Å². The van der Waals surface area contributed by atoms with Crippen molar-refractivity contribution in [3.05, 3.63) is 105 Å². The van der Waals surface area contributed by atoms with Crippen LogP contribution in [0.5, 0.6) is 0 Å². The summed E-state index contributed by atoms with van der Waals surface area (Å²) in [7, 11) is 0. The van der Waals surface area contributed by atoms with Crippen molar-refractivity contribution in [2.45, 2.75) is 64.7 Å². The predicted octanol–water partition coefficient (Wildman–Crippen LogP) is 9.12. The summed E-state index contributed by atoms with van der Waals surface area (Å²) >= 11 is 0. The number of allylic oxidation sites excluding steroid dienone is 4. The van der Waals surface area contributed by atoms with Crippen molar-refractivity contribution in [3.63, 3.8) is 0 Å². The highest BCUT2D eigenvalue weighted by molar-refractivity contribution is 6.10. The molecule has 1 saturated carbocycles. The first-order valence-electron chi connectivity index (χ1n) is 13.3. The molecule has 4 aromatic carbocycles. The van der Waals surface area contributed by atoms with E-state index >= 15 is 0 Å². The van der Waals surface area contributed by atoms with E-state index in [2.05, 4.69) is 102 Å². The fourth-order valence-electron chi connectivity index (χ4n) is 8.84. The van der Waals surface area contributed by atoms with Crippen molar-refractivity contribution in [2.75, 3.05) is 0 Å². The monoisotopic (exact) mass is 452 g/mol. The van der Waals surface area contributed by atoms with Gasteiger partial charge in [-0.2, -0.15) is 0 Å². The molecule has 0 saturated heterocycles. The Morgan fingerprint density at radius 1 is 0.800 bits per heavy atom. The number of benzene rings is 4. The molecular weight excluding hydrogens is 420 g/mol. The topological polar surface area (TPSA) is 0 Å². The van der Waals surface area contributed by atoms with Gasteiger partial charge in [0.2, 0.25) is 0 Å². The molecule has 0 aliphatic heterocycles. The number of fused-ring (bicyclic) bond motifs is 4. The second-order valence-corrected chi connectivity index (χ2v) is 12.2. The van der Waals surface area contributed by atoms with Crippen LogP contribution in [0.25, 0.3) is 32.7 Å². The predicted molar refractivity (Wildman–Crippen MR) is 148 cm³/mol. The largest absolute Gasteiger partial charge is 0.0795 e. The molecule has 5 aliphatic carbocycles. The zero-order valence-electron chi connectivity index (χ0n) is 21.6. The van der Waals surface area contributed by atoms with Crippen molar-refractivity contribution in [2.24, 2.45) is 5.92 Å². The number of hydrogen-bond acceptors (Lipinski definition) is 0. The summed E-state index contributed by atoms with van der Waals surface area (Å²) in [5, 5.41) is 5.44. The molecule has 3 atom stereocenters. The Morgan fingerprint density at radius 2 is 1.57 bits per heavy atom. The summed E-state index contributed by atoms with van der Waals surface area (Å²) in [6.45, 7) is 14.1. The van der Waals surface area contributed by atoms with Crippen LogP contribution < -0.4 is 0 Å². The Kier molecular flexibility index (Phi) is 3.44. The van der Waals surface area contributed by atoms with Crippen LogP contribution in [0, 0.1) is 26.7 Å². The summed E-state index contributed by atoms with van der Waals surface area (Å²) < 4.78 is 0. The molecular formula is C35H32. The molecule has 1 spiro atoms. The van der Waals surface area contributed by atoms with Gasteiger partial charge < -0.3 is 0 Å². The van der Waals surface area contributed by atoms with Crippen LogP contribution in [-0.2, 0) is 10.8 Å². The lowest BCUT2D eigenvalue weighted by Gasteiger charge is -2.79. The minimum absolute atomic E-state index is 0.202. The van der Waals surface area contributed by atoms with E-state index in [4.69, 9.17) is 0 Å². The standard InChI is InChI=1S/C35H32/c1-18(2)22-9-11-26-24(15-22)8-7-23-14-19(3)27(17-28(23)26)31-20(4)13-21(5)32-33(31)34(6)29-12-10-25-16-30(29)35(25,32)34/h7-15,17-18,25H,16H2,1-6H3. The highest BCUT2D eigenvalue weighted by atomic mass is 14.8. The molecule has 172 valence electrons. The molecule has 0 heterocycles. The second-order valence-electron chi connectivity index (χ2n) is 12.2. The van der Waals surface area contributed by atoms with Crippen molar-refractivity contribution in [1.82, 2.24) is 0 Å². The van der Waals surface area contributed by atoms with Crippen LogP contribution in [0.2, 0.25) is 0 Å². The first kappa shape index (κ1) is 20.1. The molecule has 0 aromatic heterocycles. The van der Waals surface area contributed by atoms with Crippen LogP contribution in [0.3, 0.4) is 0 Å². The smallest absolute Gasteiger partial charge is 0.0374 e. The van der Waals surface area contributed by atoms with E-state index in [1.807, 2.05) is 0 Å². The molecule has 4 bridgehead atoms. The maximum absolute atomic E-state index is 2.55. The van der Waals surface area contributed by atoms with Gasteiger partial charge in [0.05, 0.1) is 0 Å². The molecule has 0 N–H and O–H groups in total. The number of rotatable bonds is 2. The Bertz CT molecular complexity index is 1740. The Hall–Kier alpha value is -3.12. The summed E-state index contributed by atoms with van der Waals surface area (Å²) in [6.07, 6.45) is 6.26. The lowest BCUT2D eigenvalue weighted by atomic mass is 9.22. The molecule has 1 fully saturated rings. The lowest BCUT2D eigenvalue weighted by Crippen LogP contribution is -2.76. The Morgan fingerprint density at radius 3 is 2.29 bits per heavy atom. The van der Waals surface area contributed by atoms with Crippen LogP contribution in [-0.4, -0.2) is 0 Å². The van der Waals surface area contributed by atoms with Crippen LogP contribution in [0.1, 0.15) is 66.5 Å². The molecule has 35 heavy (non-hydrogen) atoms. The molecule has 4 aromatic rings. The molecule has 9 rings (SSSR count). The maximum atomic E-state index is 2.55. The van der Waals surface area contributed by atoms with E-state index in [1.165, 1.54) is 61.3 Å². The molecule has 3 unspecified atom stereocenters. The summed E-state index contributed by atoms with van der Waals surface area (Å²) in [4.78, 5) is 0. The zero-order chi connectivity index (χ0) is 24.0. The molecule has 0 nitrogen and oxygen atoms in total. The average Bonchev–Trinajstić information content (AvgIpc) is 2.83. The minimum atomic E-state index is 0.202. The lowest BCUT2D eigenvalue weighted by molar-refractivity contribution is 0.0661. The average molecular weight is 453 g/mol. The van der Waals surface area contributed by atoms with E-state index < -0.39 is 0 Å². The van der Waals surface area contributed by atoms with Gasteiger partial charge in [0.1, 0.15) is 0 Å². The van der Waals surface area contributed by atoms with Crippen molar-refractivity contribution >= 4 is 21.5 Å². The fraction of sp³-hybridized carbons (Fsp3) is 0.314. The summed E-state index contributed by atoms with van der Waals surface area (Å²) in [6, 6.07) is 19.1. The van der Waals surface area contributed by atoms with Crippen molar-refractivity contribution in [3.8, 4) is 11.1 Å². The first-order chi connectivity index (χ1) is 16.8. The van der Waals surface area contributed by atoms with Crippen LogP contribution >= 0.6 is 0 Å². The van der Waals surface area contributed by atoms with Crippen LogP contribution in [0.15, 0.2) is 71.8 Å². The highest BCUT2D eigenvalue weighted by Gasteiger charge is 2.79. The minimum Gasteiger partial charge on any atom is -0.0795 e. The summed E-state index contributed by atoms with van der Waals surface area (Å²) in [5.74, 6) is 1.25. The summed E-state index contributed by atoms with van der Waals surface area (Å²) in [5.41, 5.74) is 15.9. The third-order valence-electron chi connectivity index (χ3n) is 10.4. The number of aryl methyl sites for hydroxylation is 3. The van der Waals surface area contributed by atoms with Gasteiger partial charge in [0.25, 0.3) is 0 Å². The van der Waals surface area contributed by atoms with Gasteiger partial charge in [-0.3, -0.25) is 0 Å². The van der Waals surface area contributed by atoms with Gasteiger partial charge in [-0.05, 0) is 117 Å². The van der Waals surface area contributed by atoms with E-state index in [0.29, 0.717) is 17.3 Å². The van der Waals surface area contributed by atoms with E-state index in [-0.39, 0.29) is 5.41 Å². The van der Waals surface area contributed by atoms with Crippen molar-refractivity contribution in [1.29, 1.82) is 0 Å². The van der Waals surface area contributed by atoms with Gasteiger partial charge in [-0.1, -0.05) is 81.0 Å². The van der Waals surface area contributed by atoms with Gasteiger partial charge in [0.15, 0.2) is 0 Å². The van der Waals surface area contributed by atoms with E-state index in [1.54, 1.807) is 22.3 Å².